The lowest BCUT2D eigenvalue weighted by atomic mass is 9.90. The summed E-state index contributed by atoms with van der Waals surface area (Å²) in [5.74, 6) is 0.308. The fourth-order valence-corrected chi connectivity index (χ4v) is 4.52. The summed E-state index contributed by atoms with van der Waals surface area (Å²) in [5, 5.41) is 3.40. The van der Waals surface area contributed by atoms with Gasteiger partial charge >= 0.3 is 0 Å². The van der Waals surface area contributed by atoms with Gasteiger partial charge in [-0.1, -0.05) is 19.8 Å². The lowest BCUT2D eigenvalue weighted by molar-refractivity contribution is 0.0480. The summed E-state index contributed by atoms with van der Waals surface area (Å²) in [4.78, 5) is 2.49. The smallest absolute Gasteiger partial charge is 0.153 e. The number of rotatable bonds is 5. The van der Waals surface area contributed by atoms with E-state index in [0.29, 0.717) is 18.3 Å². The number of hydrogen-bond donors (Lipinski definition) is 1. The van der Waals surface area contributed by atoms with Crippen LogP contribution in [0.25, 0.3) is 0 Å². The lowest BCUT2D eigenvalue weighted by Crippen LogP contribution is -2.64. The summed E-state index contributed by atoms with van der Waals surface area (Å²) in [7, 11) is -2.93. The number of piperazine rings is 1. The number of hydrogen-bond acceptors (Lipinski definition) is 4. The van der Waals surface area contributed by atoms with Crippen molar-refractivity contribution < 1.29 is 8.42 Å². The third-order valence-electron chi connectivity index (χ3n) is 5.22. The fourth-order valence-electron chi connectivity index (χ4n) is 3.57. The molecule has 118 valence electrons. The van der Waals surface area contributed by atoms with Crippen LogP contribution in [-0.2, 0) is 9.84 Å². The molecule has 1 saturated carbocycles. The third-order valence-corrected chi connectivity index (χ3v) is 7.41. The third kappa shape index (κ3) is 3.37. The van der Waals surface area contributed by atoms with Gasteiger partial charge in [0, 0.05) is 31.2 Å². The topological polar surface area (TPSA) is 49.4 Å². The van der Waals surface area contributed by atoms with E-state index in [0.717, 1.165) is 19.5 Å². The Bertz CT molecular complexity index is 414. The Kier molecular flexibility index (Phi) is 5.14. The average Bonchev–Trinajstić information content (AvgIpc) is 2.87. The summed E-state index contributed by atoms with van der Waals surface area (Å²) in [6.07, 6.45) is 6.12. The monoisotopic (exact) mass is 302 g/mol. The Labute approximate surface area is 124 Å². The van der Waals surface area contributed by atoms with E-state index in [-0.39, 0.29) is 10.8 Å². The largest absolute Gasteiger partial charge is 0.311 e. The zero-order valence-electron chi connectivity index (χ0n) is 13.2. The van der Waals surface area contributed by atoms with Crippen LogP contribution < -0.4 is 5.32 Å². The van der Waals surface area contributed by atoms with Gasteiger partial charge in [0.1, 0.15) is 0 Å². The number of sulfone groups is 1. The van der Waals surface area contributed by atoms with Gasteiger partial charge in [0.05, 0.1) is 11.0 Å². The first kappa shape index (κ1) is 16.2. The van der Waals surface area contributed by atoms with Gasteiger partial charge in [-0.15, -0.1) is 0 Å². The molecule has 2 fully saturated rings. The van der Waals surface area contributed by atoms with Crippen LogP contribution in [0.3, 0.4) is 0 Å². The predicted octanol–water partition coefficient (Wildman–Crippen LogP) is 1.81. The number of nitrogens with zero attached hydrogens (tertiary/aromatic N) is 1. The Morgan fingerprint density at radius 1 is 1.30 bits per heavy atom. The van der Waals surface area contributed by atoms with Crippen LogP contribution in [0.15, 0.2) is 0 Å². The first-order chi connectivity index (χ1) is 9.39. The predicted molar refractivity (Wildman–Crippen MR) is 83.8 cm³/mol. The van der Waals surface area contributed by atoms with Crippen molar-refractivity contribution in [1.82, 2.24) is 10.2 Å². The molecule has 4 nitrogen and oxygen atoms in total. The highest BCUT2D eigenvalue weighted by Crippen LogP contribution is 2.37. The van der Waals surface area contributed by atoms with Crippen LogP contribution in [0.2, 0.25) is 0 Å². The van der Waals surface area contributed by atoms with Gasteiger partial charge in [-0.3, -0.25) is 4.90 Å². The van der Waals surface area contributed by atoms with Crippen LogP contribution in [0.4, 0.5) is 0 Å². The highest BCUT2D eigenvalue weighted by molar-refractivity contribution is 7.92. The molecular weight excluding hydrogens is 272 g/mol. The maximum absolute atomic E-state index is 12.1. The minimum absolute atomic E-state index is 0.234. The van der Waals surface area contributed by atoms with Crippen molar-refractivity contribution in [3.8, 4) is 0 Å². The van der Waals surface area contributed by atoms with E-state index in [4.69, 9.17) is 0 Å². The Morgan fingerprint density at radius 3 is 2.50 bits per heavy atom. The molecule has 1 atom stereocenters. The molecule has 2 rings (SSSR count). The van der Waals surface area contributed by atoms with Crippen LogP contribution in [0.1, 0.15) is 52.9 Å². The fraction of sp³-hybridized carbons (Fsp3) is 1.00. The Morgan fingerprint density at radius 2 is 1.95 bits per heavy atom. The van der Waals surface area contributed by atoms with Gasteiger partial charge < -0.3 is 5.32 Å². The maximum Gasteiger partial charge on any atom is 0.153 e. The molecule has 1 aliphatic heterocycles. The molecule has 0 amide bonds. The van der Waals surface area contributed by atoms with Gasteiger partial charge in [-0.25, -0.2) is 8.42 Å². The second kappa shape index (κ2) is 6.32. The van der Waals surface area contributed by atoms with E-state index in [2.05, 4.69) is 17.1 Å². The van der Waals surface area contributed by atoms with E-state index >= 15 is 0 Å². The molecule has 1 saturated heterocycles. The molecule has 1 unspecified atom stereocenters. The van der Waals surface area contributed by atoms with Crippen LogP contribution in [0.5, 0.6) is 0 Å². The van der Waals surface area contributed by atoms with Crippen LogP contribution in [-0.4, -0.2) is 55.5 Å². The summed E-state index contributed by atoms with van der Waals surface area (Å²) in [6, 6.07) is 0.517. The summed E-state index contributed by atoms with van der Waals surface area (Å²) in [6.45, 7) is 8.52. The van der Waals surface area contributed by atoms with Gasteiger partial charge in [0.25, 0.3) is 0 Å². The van der Waals surface area contributed by atoms with Crippen molar-refractivity contribution in [2.24, 2.45) is 0 Å². The molecule has 0 aromatic carbocycles. The van der Waals surface area contributed by atoms with E-state index in [1.165, 1.54) is 25.7 Å². The maximum atomic E-state index is 12.1. The van der Waals surface area contributed by atoms with Gasteiger partial charge in [0.2, 0.25) is 0 Å². The molecule has 1 N–H and O–H groups in total. The van der Waals surface area contributed by atoms with E-state index in [1.807, 2.05) is 0 Å². The van der Waals surface area contributed by atoms with Gasteiger partial charge in [-0.05, 0) is 33.1 Å². The second-order valence-electron chi connectivity index (χ2n) is 6.78. The normalized spacial score (nSPS) is 27.5. The Hall–Kier alpha value is -0.130. The molecule has 1 spiro atoms. The van der Waals surface area contributed by atoms with Crippen molar-refractivity contribution >= 4 is 9.84 Å². The molecule has 0 aromatic rings. The molecule has 1 heterocycles. The first-order valence-corrected chi connectivity index (χ1v) is 9.81. The van der Waals surface area contributed by atoms with Crippen LogP contribution in [0, 0.1) is 0 Å². The molecule has 1 aliphatic carbocycles. The zero-order chi connectivity index (χ0) is 14.8. The minimum atomic E-state index is -2.93. The molecule has 0 bridgehead atoms. The lowest BCUT2D eigenvalue weighted by Gasteiger charge is -2.48. The van der Waals surface area contributed by atoms with Crippen molar-refractivity contribution in [1.29, 1.82) is 0 Å². The average molecular weight is 302 g/mol. The van der Waals surface area contributed by atoms with Crippen molar-refractivity contribution in [2.45, 2.75) is 69.7 Å². The molecule has 2 aliphatic rings. The molecule has 5 heteroatoms. The standard InChI is InChI=1S/C15H30N2O2S/c1-4-14-11-17(9-10-20(18,19)13(2)3)15(12-16-14)7-5-6-8-15/h13-14,16H,4-12H2,1-3H3. The summed E-state index contributed by atoms with van der Waals surface area (Å²) >= 11 is 0. The summed E-state index contributed by atoms with van der Waals surface area (Å²) in [5.41, 5.74) is 0.234. The number of nitrogens with one attached hydrogen (secondary N) is 1. The second-order valence-corrected chi connectivity index (χ2v) is 9.46. The van der Waals surface area contributed by atoms with Crippen molar-refractivity contribution in [2.75, 3.05) is 25.4 Å². The quantitative estimate of drug-likeness (QED) is 0.841. The molecule has 20 heavy (non-hydrogen) atoms. The first-order valence-electron chi connectivity index (χ1n) is 8.09. The van der Waals surface area contributed by atoms with E-state index in [9.17, 15) is 8.42 Å². The molecule has 0 aromatic heterocycles. The SMILES string of the molecule is CCC1CN(CCS(=O)(=O)C(C)C)C2(CCCC2)CN1. The molecular formula is C15H30N2O2S. The van der Waals surface area contributed by atoms with Crippen molar-refractivity contribution in [3.05, 3.63) is 0 Å². The van der Waals surface area contributed by atoms with E-state index < -0.39 is 9.84 Å². The van der Waals surface area contributed by atoms with Crippen LogP contribution >= 0.6 is 0 Å². The van der Waals surface area contributed by atoms with E-state index in [1.54, 1.807) is 13.8 Å². The highest BCUT2D eigenvalue weighted by Gasteiger charge is 2.43. The van der Waals surface area contributed by atoms with Gasteiger partial charge in [-0.2, -0.15) is 0 Å². The van der Waals surface area contributed by atoms with Crippen molar-refractivity contribution in [3.63, 3.8) is 0 Å². The zero-order valence-corrected chi connectivity index (χ0v) is 14.0. The Balaban J connectivity index is 2.04. The van der Waals surface area contributed by atoms with Gasteiger partial charge in [0.15, 0.2) is 9.84 Å². The minimum Gasteiger partial charge on any atom is -0.311 e. The molecule has 0 radical (unpaired) electrons. The highest BCUT2D eigenvalue weighted by atomic mass is 32.2. The summed E-state index contributed by atoms with van der Waals surface area (Å²) < 4.78 is 24.2.